The van der Waals surface area contributed by atoms with E-state index in [1.807, 2.05) is 55.5 Å². The van der Waals surface area contributed by atoms with Gasteiger partial charge in [0.15, 0.2) is 6.61 Å². The molecule has 3 rings (SSSR count). The van der Waals surface area contributed by atoms with E-state index in [0.29, 0.717) is 23.5 Å². The predicted molar refractivity (Wildman–Crippen MR) is 137 cm³/mol. The summed E-state index contributed by atoms with van der Waals surface area (Å²) in [4.78, 5) is 27.6. The molecule has 0 fully saturated rings. The van der Waals surface area contributed by atoms with E-state index in [1.54, 1.807) is 29.2 Å². The van der Waals surface area contributed by atoms with E-state index in [0.717, 1.165) is 15.7 Å². The number of benzene rings is 3. The smallest absolute Gasteiger partial charge is 0.262 e. The molecule has 0 saturated carbocycles. The molecule has 0 aliphatic heterocycles. The number of para-hydroxylation sites is 2. The first kappa shape index (κ1) is 24.5. The van der Waals surface area contributed by atoms with Crippen LogP contribution in [0.5, 0.6) is 5.75 Å². The lowest BCUT2D eigenvalue weighted by molar-refractivity contribution is -0.118. The number of ether oxygens (including phenoxy) is 1. The van der Waals surface area contributed by atoms with Crippen LogP contribution in [0.2, 0.25) is 0 Å². The fourth-order valence-corrected chi connectivity index (χ4v) is 3.88. The fraction of sp³-hybridized carbons (Fsp3) is 0.259. The summed E-state index contributed by atoms with van der Waals surface area (Å²) in [6.07, 6.45) is 0. The summed E-state index contributed by atoms with van der Waals surface area (Å²) in [5.74, 6) is 0.0644. The van der Waals surface area contributed by atoms with Crippen LogP contribution in [0.4, 0.5) is 11.4 Å². The third kappa shape index (κ3) is 6.23. The van der Waals surface area contributed by atoms with E-state index < -0.39 is 0 Å². The fourth-order valence-electron chi connectivity index (χ4n) is 3.39. The molecule has 172 valence electrons. The van der Waals surface area contributed by atoms with Crippen molar-refractivity contribution in [1.29, 1.82) is 0 Å². The van der Waals surface area contributed by atoms with Gasteiger partial charge in [-0.05, 0) is 70.2 Å². The molecule has 0 bridgehead atoms. The van der Waals surface area contributed by atoms with Crippen LogP contribution < -0.4 is 15.0 Å². The maximum Gasteiger partial charge on any atom is 0.262 e. The van der Waals surface area contributed by atoms with E-state index in [-0.39, 0.29) is 23.8 Å². The first-order valence-corrected chi connectivity index (χ1v) is 11.7. The molecule has 0 atom stereocenters. The van der Waals surface area contributed by atoms with Crippen molar-refractivity contribution in [2.24, 2.45) is 0 Å². The third-order valence-corrected chi connectivity index (χ3v) is 5.84. The number of nitrogens with zero attached hydrogens (tertiary/aromatic N) is 1. The second-order valence-electron chi connectivity index (χ2n) is 8.66. The predicted octanol–water partition coefficient (Wildman–Crippen LogP) is 6.43. The van der Waals surface area contributed by atoms with Gasteiger partial charge in [0.1, 0.15) is 5.75 Å². The van der Waals surface area contributed by atoms with Crippen LogP contribution >= 0.6 is 15.9 Å². The summed E-state index contributed by atoms with van der Waals surface area (Å²) in [5, 5.41) is 2.82. The minimum absolute atomic E-state index is 0.0147. The number of carbonyl (C=O) groups excluding carboxylic acids is 2. The van der Waals surface area contributed by atoms with Gasteiger partial charge in [-0.2, -0.15) is 0 Å². The average molecular weight is 509 g/mol. The Morgan fingerprint density at radius 3 is 2.27 bits per heavy atom. The minimum Gasteiger partial charge on any atom is -0.483 e. The minimum atomic E-state index is -0.343. The van der Waals surface area contributed by atoms with E-state index in [1.165, 1.54) is 0 Å². The first-order valence-electron chi connectivity index (χ1n) is 10.9. The Morgan fingerprint density at radius 2 is 1.64 bits per heavy atom. The van der Waals surface area contributed by atoms with Crippen LogP contribution in [-0.2, 0) is 10.2 Å². The van der Waals surface area contributed by atoms with E-state index in [4.69, 9.17) is 4.74 Å². The molecule has 0 aliphatic rings. The zero-order valence-electron chi connectivity index (χ0n) is 19.4. The molecule has 0 aromatic heterocycles. The highest BCUT2D eigenvalue weighted by atomic mass is 79.9. The molecule has 3 aromatic carbocycles. The number of rotatable bonds is 7. The summed E-state index contributed by atoms with van der Waals surface area (Å²) < 4.78 is 6.51. The average Bonchev–Trinajstić information content (AvgIpc) is 2.79. The van der Waals surface area contributed by atoms with Crippen LogP contribution in [0.25, 0.3) is 0 Å². The van der Waals surface area contributed by atoms with Crippen molar-refractivity contribution < 1.29 is 14.3 Å². The molecule has 33 heavy (non-hydrogen) atoms. The van der Waals surface area contributed by atoms with Crippen molar-refractivity contribution in [2.75, 3.05) is 23.4 Å². The van der Waals surface area contributed by atoms with E-state index >= 15 is 0 Å². The van der Waals surface area contributed by atoms with Gasteiger partial charge in [-0.3, -0.25) is 9.59 Å². The lowest BCUT2D eigenvalue weighted by Crippen LogP contribution is -2.32. The Kier molecular flexibility index (Phi) is 7.92. The summed E-state index contributed by atoms with van der Waals surface area (Å²) in [5.41, 5.74) is 2.86. The quantitative estimate of drug-likeness (QED) is 0.399. The normalized spacial score (nSPS) is 11.1. The molecule has 0 unspecified atom stereocenters. The zero-order chi connectivity index (χ0) is 24.0. The molecule has 2 amide bonds. The second kappa shape index (κ2) is 10.7. The van der Waals surface area contributed by atoms with Gasteiger partial charge in [0, 0.05) is 12.2 Å². The van der Waals surface area contributed by atoms with Crippen LogP contribution in [-0.4, -0.2) is 25.0 Å². The topological polar surface area (TPSA) is 58.6 Å². The number of anilines is 2. The number of halogens is 1. The molecule has 6 heteroatoms. The Bertz CT molecular complexity index is 1120. The van der Waals surface area contributed by atoms with Crippen molar-refractivity contribution in [1.82, 2.24) is 0 Å². The molecule has 0 spiro atoms. The third-order valence-electron chi connectivity index (χ3n) is 5.22. The number of hydrogen-bond acceptors (Lipinski definition) is 3. The standard InChI is InChI=1S/C27H29BrN2O3/c1-5-30(20-11-7-6-8-12-20)26(32)21-13-9-10-14-23(21)29-25(31)18-33-24-16-15-19(17-22(24)28)27(2,3)4/h6-17H,5,18H2,1-4H3,(H,29,31). The van der Waals surface area contributed by atoms with Gasteiger partial charge < -0.3 is 15.0 Å². The Morgan fingerprint density at radius 1 is 0.970 bits per heavy atom. The van der Waals surface area contributed by atoms with Gasteiger partial charge >= 0.3 is 0 Å². The van der Waals surface area contributed by atoms with E-state index in [2.05, 4.69) is 42.0 Å². The molecule has 0 aliphatic carbocycles. The van der Waals surface area contributed by atoms with Crippen LogP contribution in [0.15, 0.2) is 77.3 Å². The molecule has 3 aromatic rings. The van der Waals surface area contributed by atoms with Crippen LogP contribution in [0, 0.1) is 0 Å². The number of nitrogens with one attached hydrogen (secondary N) is 1. The van der Waals surface area contributed by atoms with E-state index in [9.17, 15) is 9.59 Å². The van der Waals surface area contributed by atoms with Crippen molar-refractivity contribution in [3.05, 3.63) is 88.4 Å². The van der Waals surface area contributed by atoms with Gasteiger partial charge in [-0.1, -0.05) is 57.2 Å². The van der Waals surface area contributed by atoms with Crippen molar-refractivity contribution in [3.63, 3.8) is 0 Å². The maximum absolute atomic E-state index is 13.3. The molecule has 0 heterocycles. The van der Waals surface area contributed by atoms with Crippen LogP contribution in [0.1, 0.15) is 43.6 Å². The number of amides is 2. The van der Waals surface area contributed by atoms with Crippen molar-refractivity contribution in [3.8, 4) is 5.75 Å². The molecule has 1 N–H and O–H groups in total. The number of carbonyl (C=O) groups is 2. The summed E-state index contributed by atoms with van der Waals surface area (Å²) in [6, 6.07) is 22.3. The largest absolute Gasteiger partial charge is 0.483 e. The molecule has 0 saturated heterocycles. The van der Waals surface area contributed by atoms with Gasteiger partial charge in [0.05, 0.1) is 15.7 Å². The highest BCUT2D eigenvalue weighted by Crippen LogP contribution is 2.31. The van der Waals surface area contributed by atoms with Crippen LogP contribution in [0.3, 0.4) is 0 Å². The molecular formula is C27H29BrN2O3. The Labute approximate surface area is 203 Å². The summed E-state index contributed by atoms with van der Waals surface area (Å²) in [7, 11) is 0. The zero-order valence-corrected chi connectivity index (χ0v) is 21.0. The maximum atomic E-state index is 13.3. The lowest BCUT2D eigenvalue weighted by Gasteiger charge is -2.22. The monoisotopic (exact) mass is 508 g/mol. The van der Waals surface area contributed by atoms with Gasteiger partial charge in [0.2, 0.25) is 0 Å². The Hall–Kier alpha value is -3.12. The second-order valence-corrected chi connectivity index (χ2v) is 9.52. The van der Waals surface area contributed by atoms with Crippen molar-refractivity contribution in [2.45, 2.75) is 33.1 Å². The highest BCUT2D eigenvalue weighted by Gasteiger charge is 2.20. The van der Waals surface area contributed by atoms with Gasteiger partial charge in [-0.15, -0.1) is 0 Å². The van der Waals surface area contributed by atoms with Gasteiger partial charge in [-0.25, -0.2) is 0 Å². The SMILES string of the molecule is CCN(C(=O)c1ccccc1NC(=O)COc1ccc(C(C)(C)C)cc1Br)c1ccccc1. The summed E-state index contributed by atoms with van der Waals surface area (Å²) in [6.45, 7) is 8.67. The number of hydrogen-bond donors (Lipinski definition) is 1. The highest BCUT2D eigenvalue weighted by molar-refractivity contribution is 9.10. The molecule has 5 nitrogen and oxygen atoms in total. The van der Waals surface area contributed by atoms with Gasteiger partial charge in [0.25, 0.3) is 11.8 Å². The van der Waals surface area contributed by atoms with Crippen molar-refractivity contribution >= 4 is 39.1 Å². The first-order chi connectivity index (χ1) is 15.7. The lowest BCUT2D eigenvalue weighted by atomic mass is 9.87. The summed E-state index contributed by atoms with van der Waals surface area (Å²) >= 11 is 3.53. The molecular weight excluding hydrogens is 480 g/mol. The Balaban J connectivity index is 1.71. The molecule has 0 radical (unpaired) electrons.